The van der Waals surface area contributed by atoms with Crippen LogP contribution in [0.25, 0.3) is 0 Å². The predicted molar refractivity (Wildman–Crippen MR) is 89.3 cm³/mol. The van der Waals surface area contributed by atoms with Crippen LogP contribution in [0.2, 0.25) is 0 Å². The summed E-state index contributed by atoms with van der Waals surface area (Å²) in [7, 11) is 2.01. The number of nitrogens with zero attached hydrogens (tertiary/aromatic N) is 1. The molecule has 0 aliphatic rings. The van der Waals surface area contributed by atoms with Crippen molar-refractivity contribution >= 4 is 11.6 Å². The number of rotatable bonds is 7. The largest absolute Gasteiger partial charge is 0.481 e. The minimum Gasteiger partial charge on any atom is -0.481 e. The normalized spacial score (nSPS) is 11.5. The van der Waals surface area contributed by atoms with Crippen molar-refractivity contribution in [2.75, 3.05) is 25.0 Å². The van der Waals surface area contributed by atoms with E-state index in [0.717, 1.165) is 12.2 Å². The Kier molecular flexibility index (Phi) is 5.83. The molecule has 0 radical (unpaired) electrons. The summed E-state index contributed by atoms with van der Waals surface area (Å²) < 4.78 is 5.59. The van der Waals surface area contributed by atoms with Crippen molar-refractivity contribution in [1.82, 2.24) is 5.32 Å². The van der Waals surface area contributed by atoms with Crippen LogP contribution in [0.15, 0.2) is 60.7 Å². The number of carbonyl (C=O) groups excluding carboxylic acids is 1. The summed E-state index contributed by atoms with van der Waals surface area (Å²) in [4.78, 5) is 14.1. The van der Waals surface area contributed by atoms with Crippen LogP contribution in [-0.2, 0) is 4.79 Å². The number of para-hydroxylation sites is 2. The fourth-order valence-corrected chi connectivity index (χ4v) is 2.06. The summed E-state index contributed by atoms with van der Waals surface area (Å²) >= 11 is 0. The Hall–Kier alpha value is -2.49. The Morgan fingerprint density at radius 2 is 1.68 bits per heavy atom. The van der Waals surface area contributed by atoms with E-state index in [9.17, 15) is 4.79 Å². The number of nitrogens with one attached hydrogen (secondary N) is 1. The van der Waals surface area contributed by atoms with Crippen molar-refractivity contribution in [3.8, 4) is 5.75 Å². The molecule has 0 aliphatic carbocycles. The molecule has 4 heteroatoms. The van der Waals surface area contributed by atoms with Crippen molar-refractivity contribution in [3.63, 3.8) is 0 Å². The van der Waals surface area contributed by atoms with Crippen LogP contribution < -0.4 is 15.0 Å². The number of hydrogen-bond donors (Lipinski definition) is 1. The average Bonchev–Trinajstić information content (AvgIpc) is 2.56. The van der Waals surface area contributed by atoms with Gasteiger partial charge in [-0.05, 0) is 31.2 Å². The SMILES string of the molecule is C[C@H](Oc1ccccc1)C(=O)NCCN(C)c1ccccc1. The minimum atomic E-state index is -0.510. The van der Waals surface area contributed by atoms with E-state index in [4.69, 9.17) is 4.74 Å². The van der Waals surface area contributed by atoms with Crippen molar-refractivity contribution in [1.29, 1.82) is 0 Å². The first kappa shape index (κ1) is 15.9. The summed E-state index contributed by atoms with van der Waals surface area (Å²) in [5.74, 6) is 0.594. The van der Waals surface area contributed by atoms with E-state index < -0.39 is 6.10 Å². The zero-order chi connectivity index (χ0) is 15.8. The first-order valence-corrected chi connectivity index (χ1v) is 7.42. The number of ether oxygens (including phenoxy) is 1. The number of hydrogen-bond acceptors (Lipinski definition) is 3. The van der Waals surface area contributed by atoms with Gasteiger partial charge in [0.15, 0.2) is 6.10 Å². The second-order valence-electron chi connectivity index (χ2n) is 5.12. The molecule has 0 saturated carbocycles. The fraction of sp³-hybridized carbons (Fsp3) is 0.278. The van der Waals surface area contributed by atoms with Gasteiger partial charge in [0, 0.05) is 25.8 Å². The Bertz CT molecular complexity index is 572. The van der Waals surface area contributed by atoms with Crippen LogP contribution in [0.5, 0.6) is 5.75 Å². The Morgan fingerprint density at radius 1 is 1.09 bits per heavy atom. The molecular formula is C18H22N2O2. The predicted octanol–water partition coefficient (Wildman–Crippen LogP) is 2.71. The van der Waals surface area contributed by atoms with E-state index in [1.54, 1.807) is 6.92 Å². The van der Waals surface area contributed by atoms with Gasteiger partial charge < -0.3 is 15.0 Å². The molecule has 2 aromatic rings. The highest BCUT2D eigenvalue weighted by Crippen LogP contribution is 2.11. The Morgan fingerprint density at radius 3 is 2.32 bits per heavy atom. The lowest BCUT2D eigenvalue weighted by Crippen LogP contribution is -2.40. The summed E-state index contributed by atoms with van der Waals surface area (Å²) in [5, 5.41) is 2.90. The summed E-state index contributed by atoms with van der Waals surface area (Å²) in [6.45, 7) is 3.07. The lowest BCUT2D eigenvalue weighted by atomic mass is 10.3. The maximum Gasteiger partial charge on any atom is 0.260 e. The Balaban J connectivity index is 1.73. The molecule has 2 rings (SSSR count). The van der Waals surface area contributed by atoms with Crippen LogP contribution in [0, 0.1) is 0 Å². The molecule has 0 aromatic heterocycles. The minimum absolute atomic E-state index is 0.106. The summed E-state index contributed by atoms with van der Waals surface area (Å²) in [5.41, 5.74) is 1.13. The van der Waals surface area contributed by atoms with Gasteiger partial charge in [-0.25, -0.2) is 0 Å². The third kappa shape index (κ3) is 4.81. The van der Waals surface area contributed by atoms with Gasteiger partial charge in [0.25, 0.3) is 5.91 Å². The number of carbonyl (C=O) groups is 1. The van der Waals surface area contributed by atoms with E-state index in [-0.39, 0.29) is 5.91 Å². The third-order valence-corrected chi connectivity index (χ3v) is 3.37. The molecule has 1 atom stereocenters. The second-order valence-corrected chi connectivity index (χ2v) is 5.12. The van der Waals surface area contributed by atoms with E-state index >= 15 is 0 Å². The smallest absolute Gasteiger partial charge is 0.260 e. The van der Waals surface area contributed by atoms with E-state index in [0.29, 0.717) is 12.3 Å². The van der Waals surface area contributed by atoms with Crippen LogP contribution in [0.4, 0.5) is 5.69 Å². The van der Waals surface area contributed by atoms with Crippen LogP contribution in [0.3, 0.4) is 0 Å². The number of amides is 1. The fourth-order valence-electron chi connectivity index (χ4n) is 2.06. The zero-order valence-corrected chi connectivity index (χ0v) is 13.0. The second kappa shape index (κ2) is 8.08. The Labute approximate surface area is 131 Å². The molecule has 0 heterocycles. The molecule has 0 saturated heterocycles. The van der Waals surface area contributed by atoms with Crippen molar-refractivity contribution in [2.45, 2.75) is 13.0 Å². The van der Waals surface area contributed by atoms with Crippen molar-refractivity contribution in [3.05, 3.63) is 60.7 Å². The first-order valence-electron chi connectivity index (χ1n) is 7.42. The van der Waals surface area contributed by atoms with Crippen molar-refractivity contribution < 1.29 is 9.53 Å². The summed E-state index contributed by atoms with van der Waals surface area (Å²) in [6.07, 6.45) is -0.510. The molecule has 0 fully saturated rings. The number of likely N-dealkylation sites (N-methyl/N-ethyl adjacent to an activating group) is 1. The molecule has 1 N–H and O–H groups in total. The van der Waals surface area contributed by atoms with Gasteiger partial charge in [-0.1, -0.05) is 36.4 Å². The molecule has 0 unspecified atom stereocenters. The highest BCUT2D eigenvalue weighted by molar-refractivity contribution is 5.80. The lowest BCUT2D eigenvalue weighted by Gasteiger charge is -2.20. The van der Waals surface area contributed by atoms with Gasteiger partial charge in [0.2, 0.25) is 0 Å². The van der Waals surface area contributed by atoms with Crippen LogP contribution in [0.1, 0.15) is 6.92 Å². The molecule has 0 spiro atoms. The van der Waals surface area contributed by atoms with Gasteiger partial charge >= 0.3 is 0 Å². The molecule has 2 aromatic carbocycles. The molecule has 1 amide bonds. The number of anilines is 1. The van der Waals surface area contributed by atoms with Gasteiger partial charge in [-0.2, -0.15) is 0 Å². The maximum absolute atomic E-state index is 12.0. The highest BCUT2D eigenvalue weighted by Gasteiger charge is 2.14. The summed E-state index contributed by atoms with van der Waals surface area (Å²) in [6, 6.07) is 19.4. The topological polar surface area (TPSA) is 41.6 Å². The van der Waals surface area contributed by atoms with Gasteiger partial charge in [0.05, 0.1) is 0 Å². The van der Waals surface area contributed by atoms with Gasteiger partial charge in [-0.15, -0.1) is 0 Å². The van der Waals surface area contributed by atoms with Gasteiger partial charge in [-0.3, -0.25) is 4.79 Å². The first-order chi connectivity index (χ1) is 10.7. The molecular weight excluding hydrogens is 276 g/mol. The van der Waals surface area contributed by atoms with E-state index in [1.165, 1.54) is 0 Å². The van der Waals surface area contributed by atoms with Gasteiger partial charge in [0.1, 0.15) is 5.75 Å². The van der Waals surface area contributed by atoms with Crippen LogP contribution >= 0.6 is 0 Å². The molecule has 0 bridgehead atoms. The molecule has 0 aliphatic heterocycles. The lowest BCUT2D eigenvalue weighted by molar-refractivity contribution is -0.127. The van der Waals surface area contributed by atoms with Crippen molar-refractivity contribution in [2.24, 2.45) is 0 Å². The standard InChI is InChI=1S/C18H22N2O2/c1-15(22-17-11-7-4-8-12-17)18(21)19-13-14-20(2)16-9-5-3-6-10-16/h3-12,15H,13-14H2,1-2H3,(H,19,21)/t15-/m0/s1. The molecule has 22 heavy (non-hydrogen) atoms. The number of benzene rings is 2. The quantitative estimate of drug-likeness (QED) is 0.854. The van der Waals surface area contributed by atoms with E-state index in [2.05, 4.69) is 10.2 Å². The zero-order valence-electron chi connectivity index (χ0n) is 13.0. The monoisotopic (exact) mass is 298 g/mol. The molecule has 116 valence electrons. The maximum atomic E-state index is 12.0. The van der Waals surface area contributed by atoms with Crippen LogP contribution in [-0.4, -0.2) is 32.1 Å². The third-order valence-electron chi connectivity index (χ3n) is 3.37. The molecule has 4 nitrogen and oxygen atoms in total. The highest BCUT2D eigenvalue weighted by atomic mass is 16.5. The van der Waals surface area contributed by atoms with E-state index in [1.807, 2.05) is 67.7 Å². The average molecular weight is 298 g/mol.